The summed E-state index contributed by atoms with van der Waals surface area (Å²) in [4.78, 5) is 36.3. The van der Waals surface area contributed by atoms with E-state index in [9.17, 15) is 24.1 Å². The molecular weight excluding hydrogens is 321 g/mol. The van der Waals surface area contributed by atoms with Gasteiger partial charge in [0.1, 0.15) is 0 Å². The Morgan fingerprint density at radius 2 is 2.17 bits per heavy atom. The molecule has 1 aromatic rings. The van der Waals surface area contributed by atoms with Crippen molar-refractivity contribution in [2.45, 2.75) is 19.3 Å². The Morgan fingerprint density at radius 1 is 1.46 bits per heavy atom. The van der Waals surface area contributed by atoms with Gasteiger partial charge in [0.25, 0.3) is 0 Å². The second kappa shape index (κ2) is 7.24. The largest absolute Gasteiger partial charge is 0.453 e. The number of amides is 2. The molecule has 9 heteroatoms. The third-order valence-electron chi connectivity index (χ3n) is 3.94. The number of hydrogen-bond acceptors (Lipinski definition) is 5. The van der Waals surface area contributed by atoms with Crippen LogP contribution in [0.25, 0.3) is 0 Å². The third kappa shape index (κ3) is 3.44. The van der Waals surface area contributed by atoms with E-state index in [0.29, 0.717) is 25.2 Å². The van der Waals surface area contributed by atoms with Crippen molar-refractivity contribution in [3.63, 3.8) is 0 Å². The van der Waals surface area contributed by atoms with Gasteiger partial charge in [-0.2, -0.15) is 4.39 Å². The van der Waals surface area contributed by atoms with Crippen molar-refractivity contribution < 1.29 is 23.6 Å². The van der Waals surface area contributed by atoms with Gasteiger partial charge in [-0.3, -0.25) is 14.9 Å². The molecule has 0 atom stereocenters. The van der Waals surface area contributed by atoms with E-state index in [1.165, 1.54) is 23.0 Å². The highest BCUT2D eigenvalue weighted by atomic mass is 19.1. The average molecular weight is 339 g/mol. The van der Waals surface area contributed by atoms with Crippen LogP contribution in [0.15, 0.2) is 12.1 Å². The Bertz CT molecular complexity index is 679. The maximum absolute atomic E-state index is 14.1. The van der Waals surface area contributed by atoms with Crippen LogP contribution in [-0.2, 0) is 16.0 Å². The predicted octanol–water partition coefficient (Wildman–Crippen LogP) is 2.10. The maximum Gasteiger partial charge on any atom is 0.409 e. The normalized spacial score (nSPS) is 12.7. The number of benzene rings is 1. The first-order chi connectivity index (χ1) is 11.4. The van der Waals surface area contributed by atoms with Crippen molar-refractivity contribution in [1.82, 2.24) is 4.90 Å². The molecule has 0 saturated carbocycles. The summed E-state index contributed by atoms with van der Waals surface area (Å²) in [5.74, 6) is -1.08. The van der Waals surface area contributed by atoms with Crippen LogP contribution in [0.2, 0.25) is 0 Å². The number of fused-ring (bicyclic) bond motifs is 1. The molecule has 1 aliphatic heterocycles. The summed E-state index contributed by atoms with van der Waals surface area (Å²) in [5, 5.41) is 10.8. The highest BCUT2D eigenvalue weighted by molar-refractivity contribution is 5.95. The number of ether oxygens (including phenoxy) is 1. The van der Waals surface area contributed by atoms with Crippen molar-refractivity contribution in [3.05, 3.63) is 33.6 Å². The topological polar surface area (TPSA) is 93.0 Å². The van der Waals surface area contributed by atoms with Gasteiger partial charge in [0.15, 0.2) is 0 Å². The van der Waals surface area contributed by atoms with Gasteiger partial charge >= 0.3 is 11.8 Å². The van der Waals surface area contributed by atoms with Gasteiger partial charge in [0.05, 0.1) is 17.7 Å². The lowest BCUT2D eigenvalue weighted by molar-refractivity contribution is -0.387. The van der Waals surface area contributed by atoms with Crippen molar-refractivity contribution in [2.24, 2.45) is 0 Å². The lowest BCUT2D eigenvalue weighted by Crippen LogP contribution is -2.31. The minimum atomic E-state index is -0.877. The van der Waals surface area contributed by atoms with E-state index in [1.807, 2.05) is 0 Å². The van der Waals surface area contributed by atoms with E-state index in [1.54, 1.807) is 7.05 Å². The van der Waals surface area contributed by atoms with E-state index in [2.05, 4.69) is 4.74 Å². The van der Waals surface area contributed by atoms with Crippen LogP contribution in [0.1, 0.15) is 18.4 Å². The minimum absolute atomic E-state index is 0.180. The second-order valence-corrected chi connectivity index (χ2v) is 5.44. The number of rotatable bonds is 5. The van der Waals surface area contributed by atoms with Gasteiger partial charge in [0, 0.05) is 38.2 Å². The molecule has 130 valence electrons. The molecular formula is C15H18FN3O5. The molecule has 0 radical (unpaired) electrons. The van der Waals surface area contributed by atoms with Crippen LogP contribution < -0.4 is 4.90 Å². The van der Waals surface area contributed by atoms with Gasteiger partial charge in [0.2, 0.25) is 11.7 Å². The lowest BCUT2D eigenvalue weighted by atomic mass is 10.1. The Hall–Kier alpha value is -2.71. The standard InChI is InChI=1S/C15H18FN3O5/c1-17(15(21)24-2)8-3-4-13(20)18-9-7-10-11(18)5-6-12(14(10)16)19(22)23/h5-6H,3-4,7-9H2,1-2H3. The molecule has 0 bridgehead atoms. The van der Waals surface area contributed by atoms with Crippen molar-refractivity contribution in [3.8, 4) is 0 Å². The van der Waals surface area contributed by atoms with Crippen LogP contribution in [0.3, 0.4) is 0 Å². The van der Waals surface area contributed by atoms with Crippen molar-refractivity contribution in [2.75, 3.05) is 32.1 Å². The number of hydrogen-bond donors (Lipinski definition) is 0. The van der Waals surface area contributed by atoms with Crippen LogP contribution >= 0.6 is 0 Å². The van der Waals surface area contributed by atoms with E-state index >= 15 is 0 Å². The van der Waals surface area contributed by atoms with Crippen molar-refractivity contribution >= 4 is 23.4 Å². The molecule has 2 rings (SSSR count). The first kappa shape index (κ1) is 17.6. The van der Waals surface area contributed by atoms with Gasteiger partial charge in [-0.1, -0.05) is 0 Å². The smallest absolute Gasteiger partial charge is 0.409 e. The van der Waals surface area contributed by atoms with Gasteiger partial charge in [-0.25, -0.2) is 4.79 Å². The number of anilines is 1. The predicted molar refractivity (Wildman–Crippen MR) is 83.4 cm³/mol. The maximum atomic E-state index is 14.1. The van der Waals surface area contributed by atoms with Crippen LogP contribution in [0.4, 0.5) is 20.6 Å². The number of halogens is 1. The zero-order chi connectivity index (χ0) is 17.9. The molecule has 0 N–H and O–H groups in total. The molecule has 1 heterocycles. The zero-order valence-electron chi connectivity index (χ0n) is 13.5. The van der Waals surface area contributed by atoms with E-state index in [4.69, 9.17) is 0 Å². The van der Waals surface area contributed by atoms with Crippen molar-refractivity contribution in [1.29, 1.82) is 0 Å². The number of nitro benzene ring substituents is 1. The number of nitro groups is 1. The van der Waals surface area contributed by atoms with Gasteiger partial charge in [-0.15, -0.1) is 0 Å². The summed E-state index contributed by atoms with van der Waals surface area (Å²) in [7, 11) is 2.84. The lowest BCUT2D eigenvalue weighted by Gasteiger charge is -2.19. The number of methoxy groups -OCH3 is 1. The molecule has 1 aromatic carbocycles. The van der Waals surface area contributed by atoms with Crippen LogP contribution in [0, 0.1) is 15.9 Å². The number of carbonyl (C=O) groups excluding carboxylic acids is 2. The second-order valence-electron chi connectivity index (χ2n) is 5.44. The van der Waals surface area contributed by atoms with Gasteiger partial charge < -0.3 is 14.5 Å². The Balaban J connectivity index is 2.01. The summed E-state index contributed by atoms with van der Waals surface area (Å²) < 4.78 is 18.7. The number of carbonyl (C=O) groups is 2. The summed E-state index contributed by atoms with van der Waals surface area (Å²) in [5.41, 5.74) is -0.00333. The van der Waals surface area contributed by atoms with Crippen LogP contribution in [-0.4, -0.2) is 49.1 Å². The Labute approximate surface area is 137 Å². The average Bonchev–Trinajstić information content (AvgIpc) is 2.98. The fourth-order valence-corrected chi connectivity index (χ4v) is 2.68. The fourth-order valence-electron chi connectivity index (χ4n) is 2.68. The van der Waals surface area contributed by atoms with Crippen LogP contribution in [0.5, 0.6) is 0 Å². The SMILES string of the molecule is COC(=O)N(C)CCCC(=O)N1CCc2c1ccc([N+](=O)[O-])c2F. The first-order valence-corrected chi connectivity index (χ1v) is 7.42. The summed E-state index contributed by atoms with van der Waals surface area (Å²) >= 11 is 0. The van der Waals surface area contributed by atoms with E-state index in [-0.39, 0.29) is 24.3 Å². The molecule has 0 aliphatic carbocycles. The summed E-state index contributed by atoms with van der Waals surface area (Å²) in [6, 6.07) is 2.48. The van der Waals surface area contributed by atoms with E-state index < -0.39 is 22.5 Å². The monoisotopic (exact) mass is 339 g/mol. The molecule has 0 fully saturated rings. The Morgan fingerprint density at radius 3 is 2.79 bits per heavy atom. The molecule has 0 spiro atoms. The third-order valence-corrected chi connectivity index (χ3v) is 3.94. The molecule has 0 unspecified atom stereocenters. The summed E-state index contributed by atoms with van der Waals surface area (Å²) in [6.07, 6.45) is 0.380. The quantitative estimate of drug-likeness (QED) is 0.605. The number of nitrogens with zero attached hydrogens (tertiary/aromatic N) is 3. The molecule has 1 aliphatic rings. The molecule has 0 saturated heterocycles. The zero-order valence-corrected chi connectivity index (χ0v) is 13.5. The van der Waals surface area contributed by atoms with E-state index in [0.717, 1.165) is 6.07 Å². The molecule has 0 aromatic heterocycles. The summed E-state index contributed by atoms with van der Waals surface area (Å²) in [6.45, 7) is 0.646. The highest BCUT2D eigenvalue weighted by Gasteiger charge is 2.30. The fraction of sp³-hybridized carbons (Fsp3) is 0.467. The first-order valence-electron chi connectivity index (χ1n) is 7.42. The van der Waals surface area contributed by atoms with Gasteiger partial charge in [-0.05, 0) is 18.9 Å². The molecule has 2 amide bonds. The Kier molecular flexibility index (Phi) is 5.32. The minimum Gasteiger partial charge on any atom is -0.453 e. The molecule has 8 nitrogen and oxygen atoms in total. The molecule has 24 heavy (non-hydrogen) atoms. The highest BCUT2D eigenvalue weighted by Crippen LogP contribution is 2.35.